The van der Waals surface area contributed by atoms with Crippen LogP contribution in [0.4, 0.5) is 0 Å². The molecule has 0 aromatic rings. The number of rotatable bonds is 4. The van der Waals surface area contributed by atoms with Crippen LogP contribution in [-0.2, 0) is 0 Å². The Morgan fingerprint density at radius 1 is 1.25 bits per heavy atom. The molecule has 0 heterocycles. The molecule has 3 N–H and O–H groups in total. The van der Waals surface area contributed by atoms with Gasteiger partial charge in [0.1, 0.15) is 0 Å². The fraction of sp³-hybridized carbons (Fsp3) is 1.00. The van der Waals surface area contributed by atoms with Crippen LogP contribution in [0.2, 0.25) is 0 Å². The molecule has 0 radical (unpaired) electrons. The second-order valence-corrected chi connectivity index (χ2v) is 4.97. The van der Waals surface area contributed by atoms with E-state index in [2.05, 4.69) is 12.2 Å². The predicted octanol–water partition coefficient (Wildman–Crippen LogP) is 1.26. The van der Waals surface area contributed by atoms with Gasteiger partial charge in [0.25, 0.3) is 0 Å². The number of hydrogen-bond acceptors (Lipinski definition) is 2. The highest BCUT2D eigenvalue weighted by molar-refractivity contribution is 5.00. The number of hydrogen-bond donors (Lipinski definition) is 2. The summed E-state index contributed by atoms with van der Waals surface area (Å²) in [7, 11) is 0. The van der Waals surface area contributed by atoms with Crippen molar-refractivity contribution < 1.29 is 0 Å². The molecular formula is C10H20N2. The molecule has 2 aliphatic rings. The molecule has 2 fully saturated rings. The summed E-state index contributed by atoms with van der Waals surface area (Å²) in [6, 6.07) is 0. The van der Waals surface area contributed by atoms with Crippen molar-refractivity contribution in [1.29, 1.82) is 0 Å². The fourth-order valence-electron chi connectivity index (χ4n) is 1.91. The van der Waals surface area contributed by atoms with Gasteiger partial charge in [-0.2, -0.15) is 0 Å². The second kappa shape index (κ2) is 2.71. The van der Waals surface area contributed by atoms with Crippen LogP contribution in [0.25, 0.3) is 0 Å². The van der Waals surface area contributed by atoms with Gasteiger partial charge in [0.15, 0.2) is 0 Å². The molecule has 0 aromatic carbocycles. The summed E-state index contributed by atoms with van der Waals surface area (Å²) in [5.41, 5.74) is 6.68. The maximum atomic E-state index is 5.72. The van der Waals surface area contributed by atoms with Crippen molar-refractivity contribution in [2.75, 3.05) is 13.1 Å². The average Bonchev–Trinajstić information content (AvgIpc) is 2.78. The highest BCUT2D eigenvalue weighted by atomic mass is 15.0. The lowest BCUT2D eigenvalue weighted by atomic mass is 9.78. The van der Waals surface area contributed by atoms with E-state index in [1.165, 1.54) is 32.1 Å². The van der Waals surface area contributed by atoms with Crippen molar-refractivity contribution in [3.8, 4) is 0 Å². The van der Waals surface area contributed by atoms with Crippen LogP contribution in [-0.4, -0.2) is 18.6 Å². The van der Waals surface area contributed by atoms with Crippen LogP contribution in [0.3, 0.4) is 0 Å². The van der Waals surface area contributed by atoms with Gasteiger partial charge in [-0.05, 0) is 51.0 Å². The molecule has 70 valence electrons. The third kappa shape index (κ3) is 1.50. The standard InChI is InChI=1S/C10H20N2/c1-9(3-2-4-9)12-8-10(7-11)5-6-10/h12H,2-8,11H2,1H3. The highest BCUT2D eigenvalue weighted by Gasteiger charge is 2.43. The van der Waals surface area contributed by atoms with Gasteiger partial charge in [-0.3, -0.25) is 0 Å². The van der Waals surface area contributed by atoms with Crippen molar-refractivity contribution in [3.05, 3.63) is 0 Å². The lowest BCUT2D eigenvalue weighted by Gasteiger charge is -2.40. The summed E-state index contributed by atoms with van der Waals surface area (Å²) in [6.45, 7) is 4.36. The molecule has 2 nitrogen and oxygen atoms in total. The van der Waals surface area contributed by atoms with E-state index in [4.69, 9.17) is 5.73 Å². The van der Waals surface area contributed by atoms with Crippen LogP contribution in [0.1, 0.15) is 39.0 Å². The van der Waals surface area contributed by atoms with Crippen LogP contribution < -0.4 is 11.1 Å². The van der Waals surface area contributed by atoms with E-state index in [0.29, 0.717) is 11.0 Å². The molecule has 0 aliphatic heterocycles. The monoisotopic (exact) mass is 168 g/mol. The van der Waals surface area contributed by atoms with Crippen LogP contribution in [0.5, 0.6) is 0 Å². The molecule has 2 aliphatic carbocycles. The zero-order valence-corrected chi connectivity index (χ0v) is 8.03. The summed E-state index contributed by atoms with van der Waals surface area (Å²) in [5, 5.41) is 3.67. The Hall–Kier alpha value is -0.0800. The predicted molar refractivity (Wildman–Crippen MR) is 51.0 cm³/mol. The van der Waals surface area contributed by atoms with Crippen LogP contribution in [0, 0.1) is 5.41 Å². The van der Waals surface area contributed by atoms with Crippen LogP contribution >= 0.6 is 0 Å². The van der Waals surface area contributed by atoms with E-state index in [-0.39, 0.29) is 0 Å². The molecule has 0 saturated heterocycles. The van der Waals surface area contributed by atoms with Gasteiger partial charge in [-0.25, -0.2) is 0 Å². The summed E-state index contributed by atoms with van der Waals surface area (Å²) < 4.78 is 0. The first-order chi connectivity index (χ1) is 5.68. The summed E-state index contributed by atoms with van der Waals surface area (Å²) in [6.07, 6.45) is 6.79. The van der Waals surface area contributed by atoms with Crippen molar-refractivity contribution in [3.63, 3.8) is 0 Å². The highest BCUT2D eigenvalue weighted by Crippen LogP contribution is 2.44. The van der Waals surface area contributed by atoms with E-state index >= 15 is 0 Å². The van der Waals surface area contributed by atoms with E-state index in [1.807, 2.05) is 0 Å². The minimum Gasteiger partial charge on any atom is -0.330 e. The lowest BCUT2D eigenvalue weighted by molar-refractivity contribution is 0.195. The minimum absolute atomic E-state index is 0.463. The Kier molecular flexibility index (Phi) is 1.92. The largest absolute Gasteiger partial charge is 0.330 e. The Bertz CT molecular complexity index is 164. The van der Waals surface area contributed by atoms with Crippen molar-refractivity contribution in [1.82, 2.24) is 5.32 Å². The second-order valence-electron chi connectivity index (χ2n) is 4.97. The Labute approximate surface area is 74.9 Å². The van der Waals surface area contributed by atoms with E-state index in [1.54, 1.807) is 0 Å². The molecule has 0 atom stereocenters. The molecule has 12 heavy (non-hydrogen) atoms. The van der Waals surface area contributed by atoms with Crippen molar-refractivity contribution >= 4 is 0 Å². The van der Waals surface area contributed by atoms with Gasteiger partial charge in [-0.15, -0.1) is 0 Å². The first-order valence-corrected chi connectivity index (χ1v) is 5.13. The molecular weight excluding hydrogens is 148 g/mol. The van der Waals surface area contributed by atoms with Crippen molar-refractivity contribution in [2.45, 2.75) is 44.6 Å². The fourth-order valence-corrected chi connectivity index (χ4v) is 1.91. The zero-order chi connectivity index (χ0) is 8.66. The number of nitrogens with one attached hydrogen (secondary N) is 1. The van der Waals surface area contributed by atoms with Gasteiger partial charge >= 0.3 is 0 Å². The first-order valence-electron chi connectivity index (χ1n) is 5.13. The maximum absolute atomic E-state index is 5.72. The smallest absolute Gasteiger partial charge is 0.0153 e. The third-order valence-corrected chi connectivity index (χ3v) is 3.74. The number of nitrogens with two attached hydrogens (primary N) is 1. The minimum atomic E-state index is 0.463. The molecule has 0 unspecified atom stereocenters. The quantitative estimate of drug-likeness (QED) is 0.663. The van der Waals surface area contributed by atoms with E-state index in [0.717, 1.165) is 13.1 Å². The van der Waals surface area contributed by atoms with E-state index < -0.39 is 0 Å². The maximum Gasteiger partial charge on any atom is 0.0153 e. The SMILES string of the molecule is CC1(NCC2(CN)CC2)CCC1. The topological polar surface area (TPSA) is 38.0 Å². The van der Waals surface area contributed by atoms with Gasteiger partial charge in [0.2, 0.25) is 0 Å². The molecule has 0 spiro atoms. The first kappa shape index (κ1) is 8.52. The molecule has 2 saturated carbocycles. The Morgan fingerprint density at radius 3 is 2.25 bits per heavy atom. The average molecular weight is 168 g/mol. The van der Waals surface area contributed by atoms with E-state index in [9.17, 15) is 0 Å². The molecule has 2 rings (SSSR count). The molecule has 0 amide bonds. The normalized spacial score (nSPS) is 29.5. The summed E-state index contributed by atoms with van der Waals surface area (Å²) in [4.78, 5) is 0. The molecule has 2 heteroatoms. The molecule has 0 bridgehead atoms. The summed E-state index contributed by atoms with van der Waals surface area (Å²) in [5.74, 6) is 0. The Balaban J connectivity index is 1.74. The lowest BCUT2D eigenvalue weighted by Crippen LogP contribution is -2.50. The van der Waals surface area contributed by atoms with Gasteiger partial charge in [0, 0.05) is 12.1 Å². The van der Waals surface area contributed by atoms with Gasteiger partial charge < -0.3 is 11.1 Å². The molecule has 0 aromatic heterocycles. The Morgan fingerprint density at radius 2 is 1.92 bits per heavy atom. The summed E-state index contributed by atoms with van der Waals surface area (Å²) >= 11 is 0. The van der Waals surface area contributed by atoms with Gasteiger partial charge in [-0.1, -0.05) is 0 Å². The van der Waals surface area contributed by atoms with Crippen molar-refractivity contribution in [2.24, 2.45) is 11.1 Å². The van der Waals surface area contributed by atoms with Crippen LogP contribution in [0.15, 0.2) is 0 Å². The third-order valence-electron chi connectivity index (χ3n) is 3.74. The van der Waals surface area contributed by atoms with Gasteiger partial charge in [0.05, 0.1) is 0 Å². The zero-order valence-electron chi connectivity index (χ0n) is 8.03.